The Bertz CT molecular complexity index is 460. The number of thiocarbonyl (C=S) groups is 1. The van der Waals surface area contributed by atoms with Crippen LogP contribution in [-0.4, -0.2) is 28.4 Å². The van der Waals surface area contributed by atoms with Crippen LogP contribution in [0.2, 0.25) is 0 Å². The minimum atomic E-state index is -0.377. The fourth-order valence-electron chi connectivity index (χ4n) is 2.62. The van der Waals surface area contributed by atoms with Crippen molar-refractivity contribution in [3.8, 4) is 0 Å². The molecule has 0 aromatic heterocycles. The first-order chi connectivity index (χ1) is 9.09. The molecule has 3 nitrogen and oxygen atoms in total. The monoisotopic (exact) mass is 276 g/mol. The standard InChI is InChI=1S/C15H20N2OS/c1-11-6-5-9-17(11)15(18)13(14(16)19)10-12-7-3-2-4-8-12/h2-4,7-8,11,13H,5-6,9-10H2,1H3,(H2,16,19). The van der Waals surface area contributed by atoms with Gasteiger partial charge in [-0.2, -0.15) is 0 Å². The summed E-state index contributed by atoms with van der Waals surface area (Å²) in [6.07, 6.45) is 2.74. The smallest absolute Gasteiger partial charge is 0.233 e. The molecule has 1 fully saturated rings. The third-order valence-corrected chi connectivity index (χ3v) is 4.04. The Balaban J connectivity index is 2.12. The van der Waals surface area contributed by atoms with E-state index in [4.69, 9.17) is 18.0 Å². The average molecular weight is 276 g/mol. The molecular formula is C15H20N2OS. The van der Waals surface area contributed by atoms with Crippen LogP contribution in [0.4, 0.5) is 0 Å². The molecule has 0 bridgehead atoms. The summed E-state index contributed by atoms with van der Waals surface area (Å²) in [5, 5.41) is 0. The zero-order valence-corrected chi connectivity index (χ0v) is 12.0. The first-order valence-electron chi connectivity index (χ1n) is 6.73. The van der Waals surface area contributed by atoms with E-state index in [1.807, 2.05) is 35.2 Å². The van der Waals surface area contributed by atoms with Gasteiger partial charge in [0.2, 0.25) is 5.91 Å². The molecule has 1 aromatic rings. The number of hydrogen-bond donors (Lipinski definition) is 1. The summed E-state index contributed by atoms with van der Waals surface area (Å²) in [6, 6.07) is 10.2. The van der Waals surface area contributed by atoms with Crippen LogP contribution in [0.3, 0.4) is 0 Å². The molecule has 0 saturated carbocycles. The van der Waals surface area contributed by atoms with E-state index in [2.05, 4.69) is 6.92 Å². The summed E-state index contributed by atoms with van der Waals surface area (Å²) < 4.78 is 0. The largest absolute Gasteiger partial charge is 0.393 e. The Labute approximate surface area is 119 Å². The summed E-state index contributed by atoms with van der Waals surface area (Å²) in [6.45, 7) is 2.91. The van der Waals surface area contributed by atoms with Crippen molar-refractivity contribution < 1.29 is 4.79 Å². The zero-order chi connectivity index (χ0) is 13.8. The quantitative estimate of drug-likeness (QED) is 0.857. The SMILES string of the molecule is CC1CCCN1C(=O)C(Cc1ccccc1)C(N)=S. The molecule has 1 amide bonds. The van der Waals surface area contributed by atoms with Crippen LogP contribution in [0.5, 0.6) is 0 Å². The van der Waals surface area contributed by atoms with E-state index in [1.165, 1.54) is 0 Å². The molecule has 1 aliphatic heterocycles. The minimum absolute atomic E-state index is 0.0846. The lowest BCUT2D eigenvalue weighted by Crippen LogP contribution is -2.43. The third-order valence-electron chi connectivity index (χ3n) is 3.76. The summed E-state index contributed by atoms with van der Waals surface area (Å²) in [5.74, 6) is -0.292. The van der Waals surface area contributed by atoms with Crippen molar-refractivity contribution in [3.05, 3.63) is 35.9 Å². The van der Waals surface area contributed by atoms with E-state index in [0.29, 0.717) is 17.5 Å². The first-order valence-corrected chi connectivity index (χ1v) is 7.14. The van der Waals surface area contributed by atoms with Gasteiger partial charge in [0.25, 0.3) is 0 Å². The maximum atomic E-state index is 12.6. The summed E-state index contributed by atoms with van der Waals surface area (Å²) in [4.78, 5) is 14.8. The highest BCUT2D eigenvalue weighted by atomic mass is 32.1. The van der Waals surface area contributed by atoms with Crippen LogP contribution < -0.4 is 5.73 Å². The van der Waals surface area contributed by atoms with Gasteiger partial charge in [0.1, 0.15) is 0 Å². The molecule has 0 aliphatic carbocycles. The normalized spacial score (nSPS) is 20.3. The molecule has 1 aromatic carbocycles. The van der Waals surface area contributed by atoms with Gasteiger partial charge in [-0.05, 0) is 31.7 Å². The number of nitrogens with two attached hydrogens (primary N) is 1. The lowest BCUT2D eigenvalue weighted by Gasteiger charge is -2.26. The number of carbonyl (C=O) groups excluding carboxylic acids is 1. The molecule has 2 unspecified atom stereocenters. The first kappa shape index (κ1) is 14.0. The third kappa shape index (κ3) is 3.32. The van der Waals surface area contributed by atoms with Gasteiger partial charge < -0.3 is 10.6 Å². The van der Waals surface area contributed by atoms with E-state index in [-0.39, 0.29) is 11.8 Å². The number of nitrogens with zero attached hydrogens (tertiary/aromatic N) is 1. The number of benzene rings is 1. The number of amides is 1. The second-order valence-electron chi connectivity index (χ2n) is 5.17. The van der Waals surface area contributed by atoms with Crippen LogP contribution in [-0.2, 0) is 11.2 Å². The molecule has 2 rings (SSSR count). The van der Waals surface area contributed by atoms with Crippen molar-refractivity contribution in [2.75, 3.05) is 6.54 Å². The number of hydrogen-bond acceptors (Lipinski definition) is 2. The lowest BCUT2D eigenvalue weighted by atomic mass is 9.97. The van der Waals surface area contributed by atoms with Crippen LogP contribution in [0.1, 0.15) is 25.3 Å². The lowest BCUT2D eigenvalue weighted by molar-refractivity contribution is -0.133. The van der Waals surface area contributed by atoms with Gasteiger partial charge in [0, 0.05) is 12.6 Å². The Morgan fingerprint density at radius 3 is 2.68 bits per heavy atom. The van der Waals surface area contributed by atoms with Crippen LogP contribution in [0, 0.1) is 5.92 Å². The number of carbonyl (C=O) groups is 1. The number of rotatable bonds is 4. The van der Waals surface area contributed by atoms with Crippen molar-refractivity contribution >= 4 is 23.1 Å². The molecule has 1 aliphatic rings. The molecule has 2 N–H and O–H groups in total. The van der Waals surface area contributed by atoms with Gasteiger partial charge in [-0.3, -0.25) is 4.79 Å². The van der Waals surface area contributed by atoms with Gasteiger partial charge in [-0.25, -0.2) is 0 Å². The van der Waals surface area contributed by atoms with E-state index >= 15 is 0 Å². The van der Waals surface area contributed by atoms with Crippen LogP contribution >= 0.6 is 12.2 Å². The van der Waals surface area contributed by atoms with Gasteiger partial charge in [0.05, 0.1) is 10.9 Å². The molecule has 1 heterocycles. The van der Waals surface area contributed by atoms with Crippen LogP contribution in [0.15, 0.2) is 30.3 Å². The zero-order valence-electron chi connectivity index (χ0n) is 11.2. The molecule has 0 radical (unpaired) electrons. The molecule has 4 heteroatoms. The highest BCUT2D eigenvalue weighted by molar-refractivity contribution is 7.80. The Hall–Kier alpha value is -1.42. The fourth-order valence-corrected chi connectivity index (χ4v) is 2.80. The number of likely N-dealkylation sites (tertiary alicyclic amines) is 1. The Kier molecular flexibility index (Phi) is 4.53. The predicted octanol–water partition coefficient (Wildman–Crippen LogP) is 2.14. The highest BCUT2D eigenvalue weighted by Gasteiger charge is 2.32. The maximum absolute atomic E-state index is 12.6. The molecule has 2 atom stereocenters. The van der Waals surface area contributed by atoms with Gasteiger partial charge in [0.15, 0.2) is 0 Å². The van der Waals surface area contributed by atoms with Crippen LogP contribution in [0.25, 0.3) is 0 Å². The van der Waals surface area contributed by atoms with E-state index < -0.39 is 0 Å². The van der Waals surface area contributed by atoms with E-state index in [0.717, 1.165) is 24.9 Å². The minimum Gasteiger partial charge on any atom is -0.393 e. The second-order valence-corrected chi connectivity index (χ2v) is 5.64. The van der Waals surface area contributed by atoms with Crippen molar-refractivity contribution in [2.45, 2.75) is 32.2 Å². The molecular weight excluding hydrogens is 256 g/mol. The van der Waals surface area contributed by atoms with Crippen molar-refractivity contribution in [1.29, 1.82) is 0 Å². The molecule has 19 heavy (non-hydrogen) atoms. The topological polar surface area (TPSA) is 46.3 Å². The van der Waals surface area contributed by atoms with E-state index in [1.54, 1.807) is 0 Å². The van der Waals surface area contributed by atoms with Crippen molar-refractivity contribution in [1.82, 2.24) is 4.90 Å². The molecule has 102 valence electrons. The van der Waals surface area contributed by atoms with Gasteiger partial charge in [-0.1, -0.05) is 42.5 Å². The van der Waals surface area contributed by atoms with E-state index in [9.17, 15) is 4.79 Å². The average Bonchev–Trinajstić information content (AvgIpc) is 2.82. The fraction of sp³-hybridized carbons (Fsp3) is 0.467. The van der Waals surface area contributed by atoms with Crippen molar-refractivity contribution in [3.63, 3.8) is 0 Å². The summed E-state index contributed by atoms with van der Waals surface area (Å²) in [7, 11) is 0. The summed E-state index contributed by atoms with van der Waals surface area (Å²) in [5.41, 5.74) is 6.88. The summed E-state index contributed by atoms with van der Waals surface area (Å²) >= 11 is 5.10. The molecule has 0 spiro atoms. The predicted molar refractivity (Wildman–Crippen MR) is 80.8 cm³/mol. The second kappa shape index (κ2) is 6.15. The van der Waals surface area contributed by atoms with Crippen molar-refractivity contribution in [2.24, 2.45) is 11.7 Å². The molecule has 1 saturated heterocycles. The van der Waals surface area contributed by atoms with Gasteiger partial charge in [-0.15, -0.1) is 0 Å². The van der Waals surface area contributed by atoms with Gasteiger partial charge >= 0.3 is 0 Å². The Morgan fingerprint density at radius 2 is 2.16 bits per heavy atom. The Morgan fingerprint density at radius 1 is 1.47 bits per heavy atom. The maximum Gasteiger partial charge on any atom is 0.233 e. The highest BCUT2D eigenvalue weighted by Crippen LogP contribution is 2.21.